The van der Waals surface area contributed by atoms with Gasteiger partial charge in [0.2, 0.25) is 5.91 Å². The van der Waals surface area contributed by atoms with E-state index in [0.717, 1.165) is 22.3 Å². The quantitative estimate of drug-likeness (QED) is 0.448. The highest BCUT2D eigenvalue weighted by molar-refractivity contribution is 5.90. The van der Waals surface area contributed by atoms with Crippen molar-refractivity contribution in [1.29, 1.82) is 0 Å². The summed E-state index contributed by atoms with van der Waals surface area (Å²) < 4.78 is 5.56. The normalized spacial score (nSPS) is 13.9. The van der Waals surface area contributed by atoms with Crippen LogP contribution in [0.3, 0.4) is 0 Å². The van der Waals surface area contributed by atoms with Gasteiger partial charge in [-0.2, -0.15) is 0 Å². The predicted octanol–water partition coefficient (Wildman–Crippen LogP) is 4.49. The van der Waals surface area contributed by atoms with Crippen LogP contribution in [0.4, 0.5) is 4.79 Å². The molecule has 35 heavy (non-hydrogen) atoms. The Labute approximate surface area is 204 Å². The SMILES string of the molecule is CC(C)[C@H](NC(=O)OCC1c2ccccc2-c2ccccc21)C(=O)NC(C(=O)O)c1ccccc1. The number of rotatable bonds is 8. The zero-order valence-electron chi connectivity index (χ0n) is 19.6. The summed E-state index contributed by atoms with van der Waals surface area (Å²) >= 11 is 0. The number of carbonyl (C=O) groups is 3. The zero-order chi connectivity index (χ0) is 24.9. The summed E-state index contributed by atoms with van der Waals surface area (Å²) in [5.74, 6) is -2.17. The Kier molecular flexibility index (Phi) is 7.15. The maximum absolute atomic E-state index is 13.0. The number of ether oxygens (including phenoxy) is 1. The van der Waals surface area contributed by atoms with E-state index in [9.17, 15) is 19.5 Å². The Balaban J connectivity index is 1.42. The van der Waals surface area contributed by atoms with Crippen LogP contribution in [-0.2, 0) is 14.3 Å². The number of hydrogen-bond donors (Lipinski definition) is 3. The molecular weight excluding hydrogens is 444 g/mol. The minimum absolute atomic E-state index is 0.103. The lowest BCUT2D eigenvalue weighted by Gasteiger charge is -2.24. The number of fused-ring (bicyclic) bond motifs is 3. The largest absolute Gasteiger partial charge is 0.479 e. The topological polar surface area (TPSA) is 105 Å². The highest BCUT2D eigenvalue weighted by Gasteiger charge is 2.32. The average molecular weight is 473 g/mol. The van der Waals surface area contributed by atoms with Crippen molar-refractivity contribution >= 4 is 18.0 Å². The van der Waals surface area contributed by atoms with Crippen LogP contribution < -0.4 is 10.6 Å². The molecule has 0 radical (unpaired) electrons. The molecule has 3 aromatic carbocycles. The molecule has 2 amide bonds. The first-order chi connectivity index (χ1) is 16.9. The van der Waals surface area contributed by atoms with E-state index in [4.69, 9.17) is 4.74 Å². The van der Waals surface area contributed by atoms with Crippen LogP contribution >= 0.6 is 0 Å². The van der Waals surface area contributed by atoms with Crippen LogP contribution in [0.15, 0.2) is 78.9 Å². The van der Waals surface area contributed by atoms with Crippen LogP contribution in [0.25, 0.3) is 11.1 Å². The minimum atomic E-state index is -1.23. The predicted molar refractivity (Wildman–Crippen MR) is 132 cm³/mol. The third kappa shape index (κ3) is 5.19. The molecule has 1 unspecified atom stereocenters. The molecule has 2 atom stereocenters. The molecule has 180 valence electrons. The molecule has 3 aromatic rings. The maximum atomic E-state index is 13.0. The molecule has 1 aliphatic rings. The first kappa shape index (κ1) is 24.0. The molecule has 4 rings (SSSR count). The standard InChI is InChI=1S/C28H28N2O5/c1-17(2)24(26(31)29-25(27(32)33)18-10-4-3-5-11-18)30-28(34)35-16-23-21-14-8-6-12-19(21)20-13-7-9-15-22(20)23/h3-15,17,23-25H,16H2,1-2H3,(H,29,31)(H,30,34)(H,32,33)/t24-,25?/m0/s1. The molecule has 1 aliphatic carbocycles. The van der Waals surface area contributed by atoms with Gasteiger partial charge in [0, 0.05) is 5.92 Å². The van der Waals surface area contributed by atoms with Crippen LogP contribution in [0, 0.1) is 5.92 Å². The van der Waals surface area contributed by atoms with E-state index in [1.54, 1.807) is 44.2 Å². The fourth-order valence-electron chi connectivity index (χ4n) is 4.47. The number of aliphatic carboxylic acids is 1. The van der Waals surface area contributed by atoms with E-state index >= 15 is 0 Å². The van der Waals surface area contributed by atoms with Gasteiger partial charge in [-0.1, -0.05) is 92.7 Å². The molecule has 0 fully saturated rings. The lowest BCUT2D eigenvalue weighted by molar-refractivity contribution is -0.142. The van der Waals surface area contributed by atoms with Crippen molar-refractivity contribution < 1.29 is 24.2 Å². The van der Waals surface area contributed by atoms with Gasteiger partial charge in [0.25, 0.3) is 0 Å². The molecule has 7 heteroatoms. The summed E-state index contributed by atoms with van der Waals surface area (Å²) in [4.78, 5) is 37.4. The first-order valence-electron chi connectivity index (χ1n) is 11.6. The van der Waals surface area contributed by atoms with Crippen LogP contribution in [0.5, 0.6) is 0 Å². The Morgan fingerprint density at radius 3 is 1.91 bits per heavy atom. The number of carboxylic acids is 1. The fourth-order valence-corrected chi connectivity index (χ4v) is 4.47. The minimum Gasteiger partial charge on any atom is -0.479 e. The van der Waals surface area contributed by atoms with Gasteiger partial charge in [-0.15, -0.1) is 0 Å². The van der Waals surface area contributed by atoms with Crippen molar-refractivity contribution in [3.05, 3.63) is 95.6 Å². The monoisotopic (exact) mass is 472 g/mol. The van der Waals surface area contributed by atoms with Gasteiger partial charge >= 0.3 is 12.1 Å². The smallest absolute Gasteiger partial charge is 0.407 e. The fraction of sp³-hybridized carbons (Fsp3) is 0.250. The highest BCUT2D eigenvalue weighted by atomic mass is 16.5. The van der Waals surface area contributed by atoms with Gasteiger partial charge in [-0.3, -0.25) is 4.79 Å². The molecule has 7 nitrogen and oxygen atoms in total. The lowest BCUT2D eigenvalue weighted by Crippen LogP contribution is -2.51. The van der Waals surface area contributed by atoms with Crippen molar-refractivity contribution in [2.75, 3.05) is 6.61 Å². The van der Waals surface area contributed by atoms with Crippen LogP contribution in [0.2, 0.25) is 0 Å². The van der Waals surface area contributed by atoms with Crippen LogP contribution in [-0.4, -0.2) is 35.7 Å². The Bertz CT molecular complexity index is 1180. The van der Waals surface area contributed by atoms with Crippen molar-refractivity contribution in [3.8, 4) is 11.1 Å². The van der Waals surface area contributed by atoms with Gasteiger partial charge in [-0.25, -0.2) is 9.59 Å². The van der Waals surface area contributed by atoms with E-state index < -0.39 is 30.1 Å². The lowest BCUT2D eigenvalue weighted by atomic mass is 9.98. The summed E-state index contributed by atoms with van der Waals surface area (Å²) in [5, 5.41) is 14.8. The molecule has 0 heterocycles. The van der Waals surface area contributed by atoms with Gasteiger partial charge in [-0.05, 0) is 33.7 Å². The number of hydrogen-bond acceptors (Lipinski definition) is 4. The van der Waals surface area contributed by atoms with E-state index in [-0.39, 0.29) is 18.4 Å². The number of benzene rings is 3. The summed E-state index contributed by atoms with van der Waals surface area (Å²) in [6.07, 6.45) is -0.729. The zero-order valence-corrected chi connectivity index (χ0v) is 19.6. The first-order valence-corrected chi connectivity index (χ1v) is 11.6. The second-order valence-electron chi connectivity index (χ2n) is 8.88. The second-order valence-corrected chi connectivity index (χ2v) is 8.88. The molecule has 0 saturated carbocycles. The number of carbonyl (C=O) groups excluding carboxylic acids is 2. The molecule has 3 N–H and O–H groups in total. The Hall–Kier alpha value is -4.13. The number of amides is 2. The molecule has 0 aromatic heterocycles. The summed E-state index contributed by atoms with van der Waals surface area (Å²) in [7, 11) is 0. The Morgan fingerprint density at radius 1 is 0.829 bits per heavy atom. The van der Waals surface area contributed by atoms with E-state index in [1.165, 1.54) is 0 Å². The molecule has 0 bridgehead atoms. The van der Waals surface area contributed by atoms with Crippen molar-refractivity contribution in [2.24, 2.45) is 5.92 Å². The maximum Gasteiger partial charge on any atom is 0.407 e. The van der Waals surface area contributed by atoms with Crippen LogP contribution in [0.1, 0.15) is 42.5 Å². The Morgan fingerprint density at radius 2 is 1.37 bits per heavy atom. The average Bonchev–Trinajstić information content (AvgIpc) is 3.18. The summed E-state index contributed by atoms with van der Waals surface area (Å²) in [5.41, 5.74) is 4.87. The van der Waals surface area contributed by atoms with Gasteiger partial charge in [0.1, 0.15) is 12.6 Å². The molecule has 0 saturated heterocycles. The number of alkyl carbamates (subject to hydrolysis) is 1. The van der Waals surface area contributed by atoms with Gasteiger partial charge in [0.15, 0.2) is 6.04 Å². The number of carboxylic acid groups (broad SMARTS) is 1. The van der Waals surface area contributed by atoms with Gasteiger partial charge in [0.05, 0.1) is 0 Å². The third-order valence-electron chi connectivity index (χ3n) is 6.23. The number of nitrogens with one attached hydrogen (secondary N) is 2. The highest BCUT2D eigenvalue weighted by Crippen LogP contribution is 2.44. The van der Waals surface area contributed by atoms with Crippen molar-refractivity contribution in [2.45, 2.75) is 31.8 Å². The van der Waals surface area contributed by atoms with E-state index in [2.05, 4.69) is 22.8 Å². The molecule has 0 spiro atoms. The molecule has 0 aliphatic heterocycles. The third-order valence-corrected chi connectivity index (χ3v) is 6.23. The summed E-state index contributed by atoms with van der Waals surface area (Å²) in [6, 6.07) is 22.3. The van der Waals surface area contributed by atoms with Crippen molar-refractivity contribution in [3.63, 3.8) is 0 Å². The van der Waals surface area contributed by atoms with E-state index in [1.807, 2.05) is 36.4 Å². The van der Waals surface area contributed by atoms with E-state index in [0.29, 0.717) is 5.56 Å². The second kappa shape index (κ2) is 10.4. The summed E-state index contributed by atoms with van der Waals surface area (Å²) in [6.45, 7) is 3.66. The molecular formula is C28H28N2O5. The van der Waals surface area contributed by atoms with Gasteiger partial charge < -0.3 is 20.5 Å². The van der Waals surface area contributed by atoms with Crippen molar-refractivity contribution in [1.82, 2.24) is 10.6 Å².